The van der Waals surface area contributed by atoms with Crippen LogP contribution in [0.15, 0.2) is 29.2 Å². The number of rotatable bonds is 7. The zero-order valence-electron chi connectivity index (χ0n) is 11.2. The molecule has 5 heteroatoms. The molecule has 4 nitrogen and oxygen atoms in total. The maximum absolute atomic E-state index is 11.9. The first kappa shape index (κ1) is 15.0. The molecule has 18 heavy (non-hydrogen) atoms. The molecule has 0 unspecified atom stereocenters. The van der Waals surface area contributed by atoms with Crippen molar-refractivity contribution in [1.29, 1.82) is 0 Å². The average molecular weight is 270 g/mol. The van der Waals surface area contributed by atoms with Gasteiger partial charge < -0.3 is 5.32 Å². The van der Waals surface area contributed by atoms with Gasteiger partial charge in [0.15, 0.2) is 0 Å². The summed E-state index contributed by atoms with van der Waals surface area (Å²) in [6.07, 6.45) is 1.90. The van der Waals surface area contributed by atoms with E-state index >= 15 is 0 Å². The molecule has 0 bridgehead atoms. The summed E-state index contributed by atoms with van der Waals surface area (Å²) >= 11 is 0. The Morgan fingerprint density at radius 2 is 1.78 bits per heavy atom. The Hall–Kier alpha value is -1.07. The Kier molecular flexibility index (Phi) is 5.62. The first-order chi connectivity index (χ1) is 8.45. The highest BCUT2D eigenvalue weighted by atomic mass is 32.2. The second-order valence-electron chi connectivity index (χ2n) is 4.71. The summed E-state index contributed by atoms with van der Waals surface area (Å²) < 4.78 is 26.5. The molecule has 0 aliphatic carbocycles. The number of hydrogen-bond acceptors (Lipinski definition) is 3. The summed E-state index contributed by atoms with van der Waals surface area (Å²) in [4.78, 5) is 0.311. The van der Waals surface area contributed by atoms with E-state index in [1.54, 1.807) is 31.3 Å². The molecular formula is C13H22N2O2S. The van der Waals surface area contributed by atoms with Gasteiger partial charge in [-0.15, -0.1) is 0 Å². The molecule has 0 radical (unpaired) electrons. The van der Waals surface area contributed by atoms with Crippen molar-refractivity contribution in [2.45, 2.75) is 31.6 Å². The minimum Gasteiger partial charge on any atom is -0.388 e. The topological polar surface area (TPSA) is 58.2 Å². The quantitative estimate of drug-likeness (QED) is 0.748. The predicted molar refractivity (Wildman–Crippen MR) is 75.2 cm³/mol. The number of anilines is 1. The van der Waals surface area contributed by atoms with E-state index in [9.17, 15) is 8.42 Å². The first-order valence-corrected chi connectivity index (χ1v) is 7.71. The van der Waals surface area contributed by atoms with Gasteiger partial charge in [-0.05, 0) is 43.0 Å². The third-order valence-corrected chi connectivity index (χ3v) is 4.18. The Morgan fingerprint density at radius 3 is 2.28 bits per heavy atom. The van der Waals surface area contributed by atoms with Crippen LogP contribution in [-0.4, -0.2) is 22.0 Å². The van der Waals surface area contributed by atoms with Crippen molar-refractivity contribution in [3.8, 4) is 0 Å². The van der Waals surface area contributed by atoms with Crippen molar-refractivity contribution in [1.82, 2.24) is 4.72 Å². The average Bonchev–Trinajstić information content (AvgIpc) is 2.34. The summed E-state index contributed by atoms with van der Waals surface area (Å²) in [6.45, 7) is 4.75. The Bertz CT molecular complexity index is 452. The molecule has 0 aliphatic rings. The van der Waals surface area contributed by atoms with Crippen LogP contribution in [0.2, 0.25) is 0 Å². The SMILES string of the molecule is CNc1ccc(S(=O)(=O)NCCCC(C)C)cc1. The van der Waals surface area contributed by atoms with Gasteiger partial charge in [0.1, 0.15) is 0 Å². The van der Waals surface area contributed by atoms with Gasteiger partial charge in [-0.3, -0.25) is 0 Å². The van der Waals surface area contributed by atoms with Crippen molar-refractivity contribution < 1.29 is 8.42 Å². The lowest BCUT2D eigenvalue weighted by atomic mass is 10.1. The van der Waals surface area contributed by atoms with Crippen LogP contribution >= 0.6 is 0 Å². The minimum absolute atomic E-state index is 0.311. The van der Waals surface area contributed by atoms with E-state index in [1.165, 1.54) is 0 Å². The molecular weight excluding hydrogens is 248 g/mol. The van der Waals surface area contributed by atoms with Gasteiger partial charge in [0.2, 0.25) is 10.0 Å². The van der Waals surface area contributed by atoms with E-state index in [2.05, 4.69) is 23.9 Å². The zero-order valence-corrected chi connectivity index (χ0v) is 12.0. The molecule has 0 saturated carbocycles. The normalized spacial score (nSPS) is 11.8. The third-order valence-electron chi connectivity index (χ3n) is 2.70. The van der Waals surface area contributed by atoms with Crippen LogP contribution < -0.4 is 10.0 Å². The van der Waals surface area contributed by atoms with Gasteiger partial charge in [-0.25, -0.2) is 13.1 Å². The van der Waals surface area contributed by atoms with Crippen LogP contribution in [0.4, 0.5) is 5.69 Å². The van der Waals surface area contributed by atoms with Crippen LogP contribution in [-0.2, 0) is 10.0 Å². The largest absolute Gasteiger partial charge is 0.388 e. The van der Waals surface area contributed by atoms with Crippen molar-refractivity contribution in [3.05, 3.63) is 24.3 Å². The highest BCUT2D eigenvalue weighted by Gasteiger charge is 2.12. The molecule has 2 N–H and O–H groups in total. The highest BCUT2D eigenvalue weighted by molar-refractivity contribution is 7.89. The number of hydrogen-bond donors (Lipinski definition) is 2. The lowest BCUT2D eigenvalue weighted by Gasteiger charge is -2.08. The van der Waals surface area contributed by atoms with Crippen LogP contribution in [0, 0.1) is 5.92 Å². The summed E-state index contributed by atoms with van der Waals surface area (Å²) in [6, 6.07) is 6.72. The lowest BCUT2D eigenvalue weighted by Crippen LogP contribution is -2.25. The van der Waals surface area contributed by atoms with Gasteiger partial charge in [0.05, 0.1) is 4.90 Å². The van der Waals surface area contributed by atoms with Crippen molar-refractivity contribution in [3.63, 3.8) is 0 Å². The smallest absolute Gasteiger partial charge is 0.240 e. The predicted octanol–water partition coefficient (Wildman–Crippen LogP) is 2.44. The van der Waals surface area contributed by atoms with Crippen LogP contribution in [0.5, 0.6) is 0 Å². The molecule has 0 fully saturated rings. The summed E-state index contributed by atoms with van der Waals surface area (Å²) in [5, 5.41) is 2.96. The molecule has 0 atom stereocenters. The second-order valence-corrected chi connectivity index (χ2v) is 6.48. The summed E-state index contributed by atoms with van der Waals surface area (Å²) in [7, 11) is -1.56. The summed E-state index contributed by atoms with van der Waals surface area (Å²) in [5.74, 6) is 0.601. The van der Waals surface area contributed by atoms with E-state index in [0.29, 0.717) is 17.4 Å². The Morgan fingerprint density at radius 1 is 1.17 bits per heavy atom. The van der Waals surface area contributed by atoms with E-state index < -0.39 is 10.0 Å². The Labute approximate surface area is 110 Å². The zero-order chi connectivity index (χ0) is 13.6. The fourth-order valence-electron chi connectivity index (χ4n) is 1.60. The fraction of sp³-hybridized carbons (Fsp3) is 0.538. The molecule has 102 valence electrons. The number of sulfonamides is 1. The molecule has 0 spiro atoms. The summed E-state index contributed by atoms with van der Waals surface area (Å²) in [5.41, 5.74) is 0.897. The maximum Gasteiger partial charge on any atom is 0.240 e. The first-order valence-electron chi connectivity index (χ1n) is 6.23. The van der Waals surface area contributed by atoms with E-state index in [0.717, 1.165) is 18.5 Å². The molecule has 1 aromatic carbocycles. The molecule has 0 aliphatic heterocycles. The van der Waals surface area contributed by atoms with Crippen molar-refractivity contribution in [2.75, 3.05) is 18.9 Å². The van der Waals surface area contributed by atoms with Gasteiger partial charge >= 0.3 is 0 Å². The fourth-order valence-corrected chi connectivity index (χ4v) is 2.68. The maximum atomic E-state index is 11.9. The van der Waals surface area contributed by atoms with Gasteiger partial charge in [0.25, 0.3) is 0 Å². The van der Waals surface area contributed by atoms with Crippen molar-refractivity contribution >= 4 is 15.7 Å². The third kappa shape index (κ3) is 4.66. The monoisotopic (exact) mass is 270 g/mol. The molecule has 1 aromatic rings. The minimum atomic E-state index is -3.36. The number of nitrogens with one attached hydrogen (secondary N) is 2. The van der Waals surface area contributed by atoms with Crippen LogP contribution in [0.3, 0.4) is 0 Å². The van der Waals surface area contributed by atoms with Gasteiger partial charge in [-0.2, -0.15) is 0 Å². The van der Waals surface area contributed by atoms with E-state index in [1.807, 2.05) is 0 Å². The molecule has 0 aromatic heterocycles. The van der Waals surface area contributed by atoms with E-state index in [-0.39, 0.29) is 0 Å². The van der Waals surface area contributed by atoms with Gasteiger partial charge in [0, 0.05) is 19.3 Å². The molecule has 0 amide bonds. The van der Waals surface area contributed by atoms with E-state index in [4.69, 9.17) is 0 Å². The molecule has 0 heterocycles. The standard InChI is InChI=1S/C13H22N2O2S/c1-11(2)5-4-10-15-18(16,17)13-8-6-12(14-3)7-9-13/h6-9,11,14-15H,4-5,10H2,1-3H3. The van der Waals surface area contributed by atoms with Crippen molar-refractivity contribution in [2.24, 2.45) is 5.92 Å². The molecule has 1 rings (SSSR count). The highest BCUT2D eigenvalue weighted by Crippen LogP contribution is 2.13. The van der Waals surface area contributed by atoms with Gasteiger partial charge in [-0.1, -0.05) is 13.8 Å². The van der Waals surface area contributed by atoms with Crippen LogP contribution in [0.1, 0.15) is 26.7 Å². The molecule has 0 saturated heterocycles. The second kappa shape index (κ2) is 6.75. The number of benzene rings is 1. The lowest BCUT2D eigenvalue weighted by molar-refractivity contribution is 0.540. The van der Waals surface area contributed by atoms with Crippen LogP contribution in [0.25, 0.3) is 0 Å². The Balaban J connectivity index is 2.57.